The minimum absolute atomic E-state index is 0. The van der Waals surface area contributed by atoms with Gasteiger partial charge in [0.15, 0.2) is 0 Å². The monoisotopic (exact) mass is 407 g/mol. The number of benzene rings is 2. The smallest absolute Gasteiger partial charge is 0 e. The summed E-state index contributed by atoms with van der Waals surface area (Å²) in [5, 5.41) is 2.85. The van der Waals surface area contributed by atoms with Gasteiger partial charge in [-0.05, 0) is 24.8 Å². The molecule has 0 unspecified atom stereocenters. The van der Waals surface area contributed by atoms with E-state index in [0.29, 0.717) is 0 Å². The van der Waals surface area contributed by atoms with E-state index in [4.69, 9.17) is 0 Å². The zero-order valence-corrected chi connectivity index (χ0v) is 16.6. The number of fused-ring (bicyclic) bond motifs is 2. The van der Waals surface area contributed by atoms with Crippen LogP contribution in [0.15, 0.2) is 48.5 Å². The van der Waals surface area contributed by atoms with Gasteiger partial charge in [0.05, 0.1) is 0 Å². The number of aryl methyl sites for hydroxylation is 2. The largest absolute Gasteiger partial charge is 0.165 e. The first kappa shape index (κ1) is 19.6. The van der Waals surface area contributed by atoms with Gasteiger partial charge in [-0.25, -0.2) is 0 Å². The second-order valence-electron chi connectivity index (χ2n) is 5.64. The maximum absolute atomic E-state index is 2.41. The van der Waals surface area contributed by atoms with Crippen LogP contribution in [0.2, 0.25) is 0 Å². The van der Waals surface area contributed by atoms with Gasteiger partial charge in [-0.1, -0.05) is 53.9 Å². The van der Waals surface area contributed by atoms with E-state index in [2.05, 4.69) is 55.5 Å². The van der Waals surface area contributed by atoms with E-state index in [1.807, 2.05) is 0 Å². The SMILES string of the molecule is Cc1cc2c(-c3ccccc3)c3c(cc2[cH-]1)CCC3.Cl.Cl.[Zr]. The predicted molar refractivity (Wildman–Crippen MR) is 96.2 cm³/mol. The second-order valence-corrected chi connectivity index (χ2v) is 5.64. The Balaban J connectivity index is 0.000000807. The van der Waals surface area contributed by atoms with Crippen LogP contribution in [0.3, 0.4) is 0 Å². The van der Waals surface area contributed by atoms with E-state index in [1.54, 1.807) is 11.1 Å². The molecule has 4 rings (SSSR count). The van der Waals surface area contributed by atoms with Gasteiger partial charge in [-0.2, -0.15) is 6.07 Å². The molecule has 0 N–H and O–H groups in total. The molecule has 0 saturated heterocycles. The molecule has 0 aromatic heterocycles. The van der Waals surface area contributed by atoms with E-state index in [0.717, 1.165) is 0 Å². The Morgan fingerprint density at radius 1 is 0.955 bits per heavy atom. The Morgan fingerprint density at radius 2 is 1.68 bits per heavy atom. The van der Waals surface area contributed by atoms with Gasteiger partial charge in [-0.3, -0.25) is 0 Å². The van der Waals surface area contributed by atoms with E-state index >= 15 is 0 Å². The van der Waals surface area contributed by atoms with Crippen molar-refractivity contribution in [3.63, 3.8) is 0 Å². The van der Waals surface area contributed by atoms with Gasteiger partial charge in [0.1, 0.15) is 0 Å². The van der Waals surface area contributed by atoms with Crippen molar-refractivity contribution in [2.45, 2.75) is 26.2 Å². The Labute approximate surface area is 163 Å². The molecule has 22 heavy (non-hydrogen) atoms. The summed E-state index contributed by atoms with van der Waals surface area (Å²) < 4.78 is 0. The first-order valence-corrected chi connectivity index (χ1v) is 7.10. The summed E-state index contributed by atoms with van der Waals surface area (Å²) in [7, 11) is 0. The molecule has 0 aliphatic heterocycles. The molecular weight excluding hydrogens is 390 g/mol. The normalized spacial score (nSPS) is 12.0. The fourth-order valence-electron chi connectivity index (χ4n) is 3.51. The molecule has 0 radical (unpaired) electrons. The molecule has 1 aliphatic rings. The third kappa shape index (κ3) is 3.23. The summed E-state index contributed by atoms with van der Waals surface area (Å²) in [6.07, 6.45) is 3.79. The molecule has 0 nitrogen and oxygen atoms in total. The molecule has 0 spiro atoms. The minimum Gasteiger partial charge on any atom is -0.165 e. The van der Waals surface area contributed by atoms with Crippen LogP contribution in [-0.4, -0.2) is 0 Å². The van der Waals surface area contributed by atoms with Gasteiger partial charge in [0.2, 0.25) is 0 Å². The van der Waals surface area contributed by atoms with Gasteiger partial charge in [0.25, 0.3) is 0 Å². The zero-order chi connectivity index (χ0) is 12.8. The Hall–Kier alpha value is -0.487. The molecule has 0 saturated carbocycles. The van der Waals surface area contributed by atoms with E-state index in [9.17, 15) is 0 Å². The molecular formula is C19H19Cl2Zr-. The molecule has 114 valence electrons. The molecule has 0 amide bonds. The first-order valence-electron chi connectivity index (χ1n) is 7.10. The summed E-state index contributed by atoms with van der Waals surface area (Å²) in [5.74, 6) is 0. The summed E-state index contributed by atoms with van der Waals surface area (Å²) in [5.41, 5.74) is 7.38. The van der Waals surface area contributed by atoms with Crippen LogP contribution >= 0.6 is 24.8 Å². The van der Waals surface area contributed by atoms with Crippen molar-refractivity contribution in [3.8, 4) is 11.1 Å². The quantitative estimate of drug-likeness (QED) is 0.442. The summed E-state index contributed by atoms with van der Waals surface area (Å²) in [4.78, 5) is 0. The fraction of sp³-hybridized carbons (Fsp3) is 0.211. The molecule has 0 heterocycles. The van der Waals surface area contributed by atoms with Gasteiger partial charge in [0, 0.05) is 26.2 Å². The first-order chi connectivity index (χ1) is 9.33. The number of halogens is 2. The molecule has 0 fully saturated rings. The van der Waals surface area contributed by atoms with Gasteiger partial charge < -0.3 is 0 Å². The van der Waals surface area contributed by atoms with Gasteiger partial charge in [-0.15, -0.1) is 53.3 Å². The Kier molecular flexibility index (Phi) is 6.99. The topological polar surface area (TPSA) is 0 Å². The molecule has 3 aromatic carbocycles. The van der Waals surface area contributed by atoms with Crippen molar-refractivity contribution in [1.29, 1.82) is 0 Å². The molecule has 3 aromatic rings. The third-order valence-corrected chi connectivity index (χ3v) is 4.29. The number of hydrogen-bond donors (Lipinski definition) is 0. The van der Waals surface area contributed by atoms with E-state index in [-0.39, 0.29) is 51.0 Å². The van der Waals surface area contributed by atoms with Crippen molar-refractivity contribution in [3.05, 3.63) is 65.2 Å². The van der Waals surface area contributed by atoms with E-state index < -0.39 is 0 Å². The van der Waals surface area contributed by atoms with E-state index in [1.165, 1.54) is 46.7 Å². The fourth-order valence-corrected chi connectivity index (χ4v) is 3.51. The average Bonchev–Trinajstić information content (AvgIpc) is 3.01. The van der Waals surface area contributed by atoms with Crippen LogP contribution in [0, 0.1) is 6.92 Å². The van der Waals surface area contributed by atoms with Crippen molar-refractivity contribution in [2.24, 2.45) is 0 Å². The van der Waals surface area contributed by atoms with Crippen molar-refractivity contribution in [2.75, 3.05) is 0 Å². The molecule has 0 bridgehead atoms. The van der Waals surface area contributed by atoms with Crippen molar-refractivity contribution in [1.82, 2.24) is 0 Å². The third-order valence-electron chi connectivity index (χ3n) is 4.29. The Bertz CT molecular complexity index is 760. The second kappa shape index (κ2) is 7.87. The summed E-state index contributed by atoms with van der Waals surface area (Å²) >= 11 is 0. The van der Waals surface area contributed by atoms with Crippen LogP contribution in [0.1, 0.15) is 23.1 Å². The van der Waals surface area contributed by atoms with Crippen molar-refractivity contribution < 1.29 is 26.2 Å². The maximum Gasteiger partial charge on any atom is 0 e. The Morgan fingerprint density at radius 3 is 2.41 bits per heavy atom. The van der Waals surface area contributed by atoms with Crippen LogP contribution < -0.4 is 0 Å². The molecule has 1 aliphatic carbocycles. The van der Waals surface area contributed by atoms with Crippen molar-refractivity contribution >= 4 is 35.6 Å². The predicted octanol–water partition coefficient (Wildman–Crippen LogP) is 5.86. The summed E-state index contributed by atoms with van der Waals surface area (Å²) in [6.45, 7) is 2.19. The maximum atomic E-state index is 2.41. The molecule has 3 heteroatoms. The van der Waals surface area contributed by atoms with Crippen LogP contribution in [0.5, 0.6) is 0 Å². The van der Waals surface area contributed by atoms with Crippen LogP contribution in [0.25, 0.3) is 21.9 Å². The minimum atomic E-state index is 0. The molecule has 0 atom stereocenters. The van der Waals surface area contributed by atoms with Crippen LogP contribution in [-0.2, 0) is 39.0 Å². The standard InChI is InChI=1S/C19H17.2ClH.Zr/c1-13-10-16-12-15-8-5-9-17(15)19(18(16)11-13)14-6-3-2-4-7-14;;;/h2-4,6-7,10-12H,5,8-9H2,1H3;2*1H;/q-1;;;. The average molecular weight is 409 g/mol. The zero-order valence-electron chi connectivity index (χ0n) is 12.6. The summed E-state index contributed by atoms with van der Waals surface area (Å²) in [6, 6.07) is 18.0. The number of hydrogen-bond acceptors (Lipinski definition) is 0. The van der Waals surface area contributed by atoms with Gasteiger partial charge >= 0.3 is 0 Å². The van der Waals surface area contributed by atoms with Crippen LogP contribution in [0.4, 0.5) is 0 Å². The number of rotatable bonds is 1.